The fraction of sp³-hybridized carbons (Fsp3) is 0.500. The first-order valence-corrected chi connectivity index (χ1v) is 7.55. The highest BCUT2D eigenvalue weighted by Gasteiger charge is 2.36. The lowest BCUT2D eigenvalue weighted by atomic mass is 9.93. The van der Waals surface area contributed by atoms with E-state index in [9.17, 15) is 9.90 Å². The number of hydrogen-bond acceptors (Lipinski definition) is 4. The number of carbonyl (C=O) groups is 1. The number of carboxylic acids is 1. The van der Waals surface area contributed by atoms with Gasteiger partial charge in [-0.25, -0.2) is 4.79 Å². The normalized spacial score (nSPS) is 22.1. The largest absolute Gasteiger partial charge is 0.480 e. The van der Waals surface area contributed by atoms with Crippen molar-refractivity contribution in [2.24, 2.45) is 5.73 Å². The second kappa shape index (κ2) is 6.41. The molecule has 1 aliphatic rings. The van der Waals surface area contributed by atoms with Crippen LogP contribution in [0.25, 0.3) is 0 Å². The molecule has 1 saturated heterocycles. The molecule has 1 aliphatic heterocycles. The molecule has 2 rings (SSSR count). The number of thioether (sulfide) groups is 1. The van der Waals surface area contributed by atoms with Crippen molar-refractivity contribution in [1.82, 2.24) is 0 Å². The molecular formula is C14H19NO3S. The van der Waals surface area contributed by atoms with Crippen molar-refractivity contribution in [3.8, 4) is 0 Å². The maximum Gasteiger partial charge on any atom is 0.329 e. The van der Waals surface area contributed by atoms with Crippen molar-refractivity contribution >= 4 is 17.7 Å². The Morgan fingerprint density at radius 1 is 1.47 bits per heavy atom. The number of aliphatic carboxylic acids is 1. The van der Waals surface area contributed by atoms with Crippen LogP contribution in [0, 0.1) is 0 Å². The lowest BCUT2D eigenvalue weighted by molar-refractivity contribution is -0.142. The molecule has 1 heterocycles. The molecular weight excluding hydrogens is 262 g/mol. The number of benzene rings is 1. The van der Waals surface area contributed by atoms with Gasteiger partial charge in [-0.05, 0) is 18.4 Å². The maximum atomic E-state index is 11.5. The van der Waals surface area contributed by atoms with Gasteiger partial charge in [-0.2, -0.15) is 11.8 Å². The van der Waals surface area contributed by atoms with E-state index in [1.165, 1.54) is 0 Å². The number of hydrogen-bond donors (Lipinski definition) is 2. The molecule has 0 aliphatic carbocycles. The summed E-state index contributed by atoms with van der Waals surface area (Å²) in [4.78, 5) is 11.5. The summed E-state index contributed by atoms with van der Waals surface area (Å²) >= 11 is 1.55. The van der Waals surface area contributed by atoms with E-state index in [2.05, 4.69) is 0 Å². The van der Waals surface area contributed by atoms with Gasteiger partial charge >= 0.3 is 5.97 Å². The van der Waals surface area contributed by atoms with Gasteiger partial charge in [0.25, 0.3) is 0 Å². The van der Waals surface area contributed by atoms with E-state index in [0.29, 0.717) is 11.3 Å². The minimum atomic E-state index is -1.33. The van der Waals surface area contributed by atoms with Crippen molar-refractivity contribution in [2.45, 2.75) is 24.5 Å². The summed E-state index contributed by atoms with van der Waals surface area (Å²) in [5, 5.41) is 9.41. The number of ether oxygens (including phenoxy) is 1. The summed E-state index contributed by atoms with van der Waals surface area (Å²) in [7, 11) is 0. The molecule has 3 N–H and O–H groups in total. The molecule has 0 aromatic heterocycles. The van der Waals surface area contributed by atoms with Gasteiger partial charge in [0.05, 0.1) is 6.10 Å². The van der Waals surface area contributed by atoms with E-state index in [0.717, 1.165) is 25.2 Å². The Kier molecular flexibility index (Phi) is 4.85. The van der Waals surface area contributed by atoms with Crippen molar-refractivity contribution in [3.05, 3.63) is 35.9 Å². The summed E-state index contributed by atoms with van der Waals surface area (Å²) in [5.41, 5.74) is 5.40. The van der Waals surface area contributed by atoms with E-state index in [1.54, 1.807) is 23.9 Å². The Hall–Kier alpha value is -1.04. The zero-order valence-corrected chi connectivity index (χ0v) is 11.6. The van der Waals surface area contributed by atoms with Gasteiger partial charge in [0.15, 0.2) is 0 Å². The molecule has 2 atom stereocenters. The quantitative estimate of drug-likeness (QED) is 0.832. The van der Waals surface area contributed by atoms with Crippen LogP contribution in [0.1, 0.15) is 18.4 Å². The minimum Gasteiger partial charge on any atom is -0.480 e. The second-order valence-corrected chi connectivity index (χ2v) is 5.82. The van der Waals surface area contributed by atoms with Crippen LogP contribution in [0.4, 0.5) is 0 Å². The highest BCUT2D eigenvalue weighted by molar-refractivity contribution is 7.99. The highest BCUT2D eigenvalue weighted by Crippen LogP contribution is 2.26. The molecule has 1 aromatic rings. The van der Waals surface area contributed by atoms with Crippen LogP contribution in [0.2, 0.25) is 0 Å². The van der Waals surface area contributed by atoms with Crippen molar-refractivity contribution in [3.63, 3.8) is 0 Å². The standard InChI is InChI=1S/C14H19NO3S/c15-14(13(16)17,11-5-2-1-3-6-11)10-19-9-12-7-4-8-18-12/h1-3,5-6,12H,4,7-10,15H2,(H,16,17). The molecule has 19 heavy (non-hydrogen) atoms. The predicted molar refractivity (Wildman–Crippen MR) is 76.2 cm³/mol. The highest BCUT2D eigenvalue weighted by atomic mass is 32.2. The molecule has 0 radical (unpaired) electrons. The summed E-state index contributed by atoms with van der Waals surface area (Å²) in [6, 6.07) is 9.00. The third kappa shape index (κ3) is 3.49. The molecule has 104 valence electrons. The van der Waals surface area contributed by atoms with Gasteiger partial charge in [-0.3, -0.25) is 0 Å². The zero-order chi connectivity index (χ0) is 13.7. The summed E-state index contributed by atoms with van der Waals surface area (Å²) < 4.78 is 5.52. The molecule has 4 nitrogen and oxygen atoms in total. The summed E-state index contributed by atoms with van der Waals surface area (Å²) in [5.74, 6) is 0.171. The van der Waals surface area contributed by atoms with Gasteiger partial charge < -0.3 is 15.6 Å². The fourth-order valence-electron chi connectivity index (χ4n) is 2.13. The zero-order valence-electron chi connectivity index (χ0n) is 10.7. The average Bonchev–Trinajstić information content (AvgIpc) is 2.92. The van der Waals surface area contributed by atoms with Crippen LogP contribution in [0.5, 0.6) is 0 Å². The predicted octanol–water partition coefficient (Wildman–Crippen LogP) is 1.84. The second-order valence-electron chi connectivity index (χ2n) is 4.79. The van der Waals surface area contributed by atoms with Crippen molar-refractivity contribution in [2.75, 3.05) is 18.1 Å². The molecule has 1 fully saturated rings. The molecule has 5 heteroatoms. The van der Waals surface area contributed by atoms with Gasteiger partial charge in [0.2, 0.25) is 0 Å². The third-order valence-electron chi connectivity index (χ3n) is 3.33. The lowest BCUT2D eigenvalue weighted by Gasteiger charge is -2.25. The van der Waals surface area contributed by atoms with Gasteiger partial charge in [0, 0.05) is 18.1 Å². The minimum absolute atomic E-state index is 0.249. The average molecular weight is 281 g/mol. The van der Waals surface area contributed by atoms with E-state index < -0.39 is 11.5 Å². The Morgan fingerprint density at radius 3 is 2.79 bits per heavy atom. The van der Waals surface area contributed by atoms with Crippen LogP contribution in [0.3, 0.4) is 0 Å². The van der Waals surface area contributed by atoms with Crippen LogP contribution in [0.15, 0.2) is 30.3 Å². The Morgan fingerprint density at radius 2 is 2.21 bits per heavy atom. The van der Waals surface area contributed by atoms with Crippen LogP contribution < -0.4 is 5.73 Å². The monoisotopic (exact) mass is 281 g/mol. The fourth-order valence-corrected chi connectivity index (χ4v) is 3.39. The molecule has 0 spiro atoms. The molecule has 0 saturated carbocycles. The number of rotatable bonds is 6. The van der Waals surface area contributed by atoms with Crippen molar-refractivity contribution in [1.29, 1.82) is 0 Å². The van der Waals surface area contributed by atoms with Gasteiger partial charge in [-0.15, -0.1) is 0 Å². The molecule has 0 bridgehead atoms. The molecule has 1 aromatic carbocycles. The number of carboxylic acid groups (broad SMARTS) is 1. The topological polar surface area (TPSA) is 72.5 Å². The molecule has 2 unspecified atom stereocenters. The van der Waals surface area contributed by atoms with E-state index in [-0.39, 0.29) is 6.10 Å². The Bertz CT molecular complexity index is 420. The lowest BCUT2D eigenvalue weighted by Crippen LogP contribution is -2.47. The first-order valence-electron chi connectivity index (χ1n) is 6.40. The van der Waals surface area contributed by atoms with E-state index >= 15 is 0 Å². The van der Waals surface area contributed by atoms with E-state index in [4.69, 9.17) is 10.5 Å². The van der Waals surface area contributed by atoms with Gasteiger partial charge in [-0.1, -0.05) is 30.3 Å². The first-order chi connectivity index (χ1) is 9.13. The Balaban J connectivity index is 1.97. The van der Waals surface area contributed by atoms with Crippen LogP contribution >= 0.6 is 11.8 Å². The maximum absolute atomic E-state index is 11.5. The van der Waals surface area contributed by atoms with Crippen LogP contribution in [-0.2, 0) is 15.1 Å². The van der Waals surface area contributed by atoms with Crippen molar-refractivity contribution < 1.29 is 14.6 Å². The first kappa shape index (κ1) is 14.4. The van der Waals surface area contributed by atoms with Gasteiger partial charge in [0.1, 0.15) is 5.54 Å². The van der Waals surface area contributed by atoms with Crippen LogP contribution in [-0.4, -0.2) is 35.3 Å². The Labute approximate surface area is 117 Å². The number of nitrogens with two attached hydrogens (primary N) is 1. The SMILES string of the molecule is NC(CSCC1CCCO1)(C(=O)O)c1ccccc1. The summed E-state index contributed by atoms with van der Waals surface area (Å²) in [6.07, 6.45) is 2.40. The third-order valence-corrected chi connectivity index (χ3v) is 4.59. The summed E-state index contributed by atoms with van der Waals surface area (Å²) in [6.45, 7) is 0.816. The van der Waals surface area contributed by atoms with E-state index in [1.807, 2.05) is 18.2 Å². The molecule has 0 amide bonds. The smallest absolute Gasteiger partial charge is 0.329 e.